The van der Waals surface area contributed by atoms with Gasteiger partial charge in [0.2, 0.25) is 0 Å². The molecule has 0 spiro atoms. The van der Waals surface area contributed by atoms with Crippen LogP contribution in [0.15, 0.2) is 158 Å². The monoisotopic (exact) mass is 909 g/mol. The van der Waals surface area contributed by atoms with E-state index in [9.17, 15) is 4.79 Å². The van der Waals surface area contributed by atoms with E-state index in [1.54, 1.807) is 0 Å². The van der Waals surface area contributed by atoms with E-state index in [2.05, 4.69) is 243 Å². The summed E-state index contributed by atoms with van der Waals surface area (Å²) in [4.78, 5) is 15.7. The summed E-state index contributed by atoms with van der Waals surface area (Å²) in [6, 6.07) is 58.8. The lowest BCUT2D eigenvalue weighted by atomic mass is 9.85. The number of aromatic nitrogens is 2. The summed E-state index contributed by atoms with van der Waals surface area (Å²) in [5.41, 5.74) is 16.7. The summed E-state index contributed by atoms with van der Waals surface area (Å²) in [6.45, 7) is 27.5. The third-order valence-corrected chi connectivity index (χ3v) is 14.9. The molecule has 0 aliphatic carbocycles. The molecule has 0 aliphatic rings. The van der Waals surface area contributed by atoms with Crippen molar-refractivity contribution >= 4 is 78.3 Å². The zero-order valence-electron chi connectivity index (χ0n) is 41.7. The molecule has 4 nitrogen and oxygen atoms in total. The third kappa shape index (κ3) is 8.05. The Bertz CT molecular complexity index is 3200. The second-order valence-electron chi connectivity index (χ2n) is 22.8. The van der Waals surface area contributed by atoms with Crippen LogP contribution in [0, 0.1) is 0 Å². The van der Waals surface area contributed by atoms with E-state index in [0.29, 0.717) is 0 Å². The van der Waals surface area contributed by atoms with Gasteiger partial charge in [0.15, 0.2) is 6.29 Å². The van der Waals surface area contributed by atoms with Gasteiger partial charge in [0, 0.05) is 54.9 Å². The topological polar surface area (TPSA) is 30.2 Å². The Labute approximate surface area is 406 Å². The normalized spacial score (nSPS) is 12.8. The quantitative estimate of drug-likeness (QED) is 0.149. The molecule has 7 aromatic carbocycles. The molecule has 0 aliphatic heterocycles. The predicted molar refractivity (Wildman–Crippen MR) is 293 cm³/mol. The highest BCUT2D eigenvalue weighted by Crippen LogP contribution is 2.42. The summed E-state index contributed by atoms with van der Waals surface area (Å²) >= 11 is 1.52. The van der Waals surface area contributed by atoms with Gasteiger partial charge in [0.05, 0.1) is 26.9 Å². The molecule has 0 N–H and O–H groups in total. The summed E-state index contributed by atoms with van der Waals surface area (Å²) in [7, 11) is 0. The third-order valence-electron chi connectivity index (χ3n) is 13.9. The fraction of sp³-hybridized carbons (Fsp3) is 0.254. The minimum absolute atomic E-state index is 0.0315. The average molecular weight is 910 g/mol. The number of aldehydes is 1. The van der Waals surface area contributed by atoms with E-state index in [-0.39, 0.29) is 21.7 Å². The van der Waals surface area contributed by atoms with E-state index < -0.39 is 0 Å². The van der Waals surface area contributed by atoms with Crippen LogP contribution in [0.5, 0.6) is 0 Å². The van der Waals surface area contributed by atoms with Gasteiger partial charge in [0.25, 0.3) is 0 Å². The van der Waals surface area contributed by atoms with E-state index >= 15 is 0 Å². The standard InChI is InChI=1S/C63H63N3OS/c1-60(2,3)41-15-30-55-51(35-41)52-36-42(61(4,5)6)16-31-56(52)65(55)48-25-21-46(22-26-48)64(45-19-13-40(14-20-45)59-34-29-50(39-67)68-59)47-23-27-49(28-24-47)66-57-32-17-43(62(7,8)9)37-53(57)54-38-44(63(10,11)12)18-33-58(54)66/h13-39H,1-12H3. The fourth-order valence-corrected chi connectivity index (χ4v) is 10.6. The maximum atomic E-state index is 11.6. The van der Waals surface area contributed by atoms with Gasteiger partial charge >= 0.3 is 0 Å². The number of fused-ring (bicyclic) bond motifs is 6. The van der Waals surface area contributed by atoms with Gasteiger partial charge in [-0.25, -0.2) is 0 Å². The Morgan fingerprint density at radius 1 is 0.382 bits per heavy atom. The smallest absolute Gasteiger partial charge is 0.160 e. The van der Waals surface area contributed by atoms with Crippen molar-refractivity contribution < 1.29 is 4.79 Å². The lowest BCUT2D eigenvalue weighted by molar-refractivity contribution is 0.112. The molecule has 68 heavy (non-hydrogen) atoms. The molecule has 5 heteroatoms. The predicted octanol–water partition coefficient (Wildman–Crippen LogP) is 18.1. The maximum absolute atomic E-state index is 11.6. The van der Waals surface area contributed by atoms with Crippen LogP contribution in [0.1, 0.15) is 115 Å². The molecule has 0 atom stereocenters. The number of hydrogen-bond donors (Lipinski definition) is 0. The number of hydrogen-bond acceptors (Lipinski definition) is 3. The first-order valence-electron chi connectivity index (χ1n) is 24.0. The van der Waals surface area contributed by atoms with Gasteiger partial charge in [-0.1, -0.05) is 119 Å². The first kappa shape index (κ1) is 45.1. The largest absolute Gasteiger partial charge is 0.311 e. The van der Waals surface area contributed by atoms with Crippen molar-refractivity contribution in [3.05, 3.63) is 185 Å². The van der Waals surface area contributed by atoms with Crippen LogP contribution < -0.4 is 4.90 Å². The molecule has 3 aromatic heterocycles. The van der Waals surface area contributed by atoms with Crippen LogP contribution in [0.4, 0.5) is 17.1 Å². The highest BCUT2D eigenvalue weighted by molar-refractivity contribution is 7.17. The van der Waals surface area contributed by atoms with Crippen molar-refractivity contribution in [1.29, 1.82) is 0 Å². The summed E-state index contributed by atoms with van der Waals surface area (Å²) in [5, 5.41) is 5.12. The van der Waals surface area contributed by atoms with E-state index in [1.165, 1.54) is 77.2 Å². The summed E-state index contributed by atoms with van der Waals surface area (Å²) < 4.78 is 4.85. The Hall–Kier alpha value is -6.69. The van der Waals surface area contributed by atoms with Crippen molar-refractivity contribution in [3.63, 3.8) is 0 Å². The van der Waals surface area contributed by atoms with Gasteiger partial charge < -0.3 is 14.0 Å². The number of thiophene rings is 1. The Morgan fingerprint density at radius 2 is 0.691 bits per heavy atom. The SMILES string of the molecule is CC(C)(C)c1ccc2c(c1)c1cc(C(C)(C)C)ccc1n2-c1ccc(N(c2ccc(-c3ccc(C=O)s3)cc2)c2ccc(-n3c4ccc(C(C)(C)C)cc4c4cc(C(C)(C)C)ccc43)cc2)cc1. The van der Waals surface area contributed by atoms with Crippen LogP contribution in [-0.4, -0.2) is 15.4 Å². The molecule has 0 fully saturated rings. The van der Waals surface area contributed by atoms with E-state index in [0.717, 1.165) is 50.0 Å². The second-order valence-corrected chi connectivity index (χ2v) is 23.9. The molecule has 0 radical (unpaired) electrons. The highest BCUT2D eigenvalue weighted by Gasteiger charge is 2.24. The van der Waals surface area contributed by atoms with Gasteiger partial charge in [-0.05, 0) is 171 Å². The van der Waals surface area contributed by atoms with Crippen molar-refractivity contribution in [2.24, 2.45) is 0 Å². The molecule has 0 amide bonds. The molecule has 0 unspecified atom stereocenters. The van der Waals surface area contributed by atoms with Gasteiger partial charge in [-0.15, -0.1) is 11.3 Å². The molecule has 0 saturated heterocycles. The van der Waals surface area contributed by atoms with E-state index in [1.807, 2.05) is 12.1 Å². The highest BCUT2D eigenvalue weighted by atomic mass is 32.1. The first-order chi connectivity index (χ1) is 32.2. The van der Waals surface area contributed by atoms with E-state index in [4.69, 9.17) is 0 Å². The zero-order chi connectivity index (χ0) is 48.1. The van der Waals surface area contributed by atoms with Crippen molar-refractivity contribution in [2.45, 2.75) is 105 Å². The number of rotatable bonds is 7. The number of anilines is 3. The van der Waals surface area contributed by atoms with Gasteiger partial charge in [0.1, 0.15) is 0 Å². The van der Waals surface area contributed by atoms with Crippen molar-refractivity contribution in [2.75, 3.05) is 4.90 Å². The molecule has 0 bridgehead atoms. The minimum Gasteiger partial charge on any atom is -0.311 e. The van der Waals surface area contributed by atoms with Crippen LogP contribution in [0.2, 0.25) is 0 Å². The Kier molecular flexibility index (Phi) is 10.8. The Balaban J connectivity index is 1.10. The van der Waals surface area contributed by atoms with Crippen LogP contribution in [0.25, 0.3) is 65.4 Å². The summed E-state index contributed by atoms with van der Waals surface area (Å²) in [5.74, 6) is 0. The second kappa shape index (κ2) is 16.2. The van der Waals surface area contributed by atoms with Crippen LogP contribution >= 0.6 is 11.3 Å². The van der Waals surface area contributed by atoms with Crippen molar-refractivity contribution in [3.8, 4) is 21.8 Å². The number of carbonyl (C=O) groups is 1. The summed E-state index contributed by atoms with van der Waals surface area (Å²) in [6.07, 6.45) is 0.925. The lowest BCUT2D eigenvalue weighted by Gasteiger charge is -2.26. The van der Waals surface area contributed by atoms with Gasteiger partial charge in [-0.3, -0.25) is 4.79 Å². The molecular weight excluding hydrogens is 847 g/mol. The number of benzene rings is 7. The molecular formula is C63H63N3OS. The van der Waals surface area contributed by atoms with Crippen LogP contribution in [0.3, 0.4) is 0 Å². The zero-order valence-corrected chi connectivity index (χ0v) is 42.6. The van der Waals surface area contributed by atoms with Crippen LogP contribution in [-0.2, 0) is 21.7 Å². The molecule has 10 aromatic rings. The molecule has 0 saturated carbocycles. The molecule has 10 rings (SSSR count). The van der Waals surface area contributed by atoms with Gasteiger partial charge in [-0.2, -0.15) is 0 Å². The average Bonchev–Trinajstić information content (AvgIpc) is 4.01. The minimum atomic E-state index is 0.0315. The maximum Gasteiger partial charge on any atom is 0.160 e. The fourth-order valence-electron chi connectivity index (χ4n) is 9.76. The van der Waals surface area contributed by atoms with Crippen molar-refractivity contribution in [1.82, 2.24) is 9.13 Å². The molecule has 342 valence electrons. The number of nitrogens with zero attached hydrogens (tertiary/aromatic N) is 3. The Morgan fingerprint density at radius 3 is 0.971 bits per heavy atom. The number of carbonyl (C=O) groups excluding carboxylic acids is 1. The lowest BCUT2D eigenvalue weighted by Crippen LogP contribution is -2.11. The first-order valence-corrected chi connectivity index (χ1v) is 24.8. The molecule has 3 heterocycles.